The number of hydrogen-bond donors (Lipinski definition) is 1. The Labute approximate surface area is 260 Å². The van der Waals surface area contributed by atoms with Gasteiger partial charge in [-0.15, -0.1) is 11.8 Å². The minimum atomic E-state index is -4.19. The summed E-state index contributed by atoms with van der Waals surface area (Å²) in [7, 11) is -4.19. The van der Waals surface area contributed by atoms with Gasteiger partial charge in [-0.1, -0.05) is 62.7 Å². The van der Waals surface area contributed by atoms with Gasteiger partial charge in [0.1, 0.15) is 18.3 Å². The standard InChI is InChI=1S/C33H43N3O5S2/c1-5-8-23-34-33(38)29(6-2)35(24-22-26-14-10-9-11-15-26)32(37)25-36(30-16-12-13-17-31(30)41-7-3)43(39,40)28-20-18-27(42-4)19-21-28/h9-21,29H,5-8,22-25H2,1-4H3,(H,34,38)/t29-/m1/s1. The third-order valence-electron chi connectivity index (χ3n) is 7.06. The number of unbranched alkanes of at least 4 members (excludes halogenated alkanes) is 1. The molecule has 0 spiro atoms. The van der Waals surface area contributed by atoms with Crippen molar-refractivity contribution in [2.45, 2.75) is 62.3 Å². The number of nitrogens with one attached hydrogen (secondary N) is 1. The molecule has 3 rings (SSSR count). The van der Waals surface area contributed by atoms with E-state index in [1.54, 1.807) is 48.5 Å². The molecule has 232 valence electrons. The van der Waals surface area contributed by atoms with Gasteiger partial charge in [0.2, 0.25) is 11.8 Å². The summed E-state index contributed by atoms with van der Waals surface area (Å²) >= 11 is 1.51. The number of rotatable bonds is 17. The molecule has 8 nitrogen and oxygen atoms in total. The Morgan fingerprint density at radius 1 is 0.930 bits per heavy atom. The molecule has 3 aromatic rings. The fourth-order valence-corrected chi connectivity index (χ4v) is 6.56. The van der Waals surface area contributed by atoms with E-state index in [0.29, 0.717) is 31.7 Å². The Kier molecular flexibility index (Phi) is 13.4. The van der Waals surface area contributed by atoms with Gasteiger partial charge >= 0.3 is 0 Å². The van der Waals surface area contributed by atoms with Crippen molar-refractivity contribution in [3.63, 3.8) is 0 Å². The number of anilines is 1. The van der Waals surface area contributed by atoms with Gasteiger partial charge in [-0.3, -0.25) is 13.9 Å². The molecule has 10 heteroatoms. The number of sulfonamides is 1. The van der Waals surface area contributed by atoms with Crippen LogP contribution in [0.3, 0.4) is 0 Å². The summed E-state index contributed by atoms with van der Waals surface area (Å²) in [5, 5.41) is 2.96. The third kappa shape index (κ3) is 9.24. The van der Waals surface area contributed by atoms with Crippen molar-refractivity contribution < 1.29 is 22.7 Å². The number of nitrogens with zero attached hydrogens (tertiary/aromatic N) is 2. The quantitative estimate of drug-likeness (QED) is 0.151. The maximum Gasteiger partial charge on any atom is 0.264 e. The predicted molar refractivity (Wildman–Crippen MR) is 174 cm³/mol. The summed E-state index contributed by atoms with van der Waals surface area (Å²) in [6.07, 6.45) is 4.58. The molecule has 0 aliphatic heterocycles. The Morgan fingerprint density at radius 3 is 2.23 bits per heavy atom. The Morgan fingerprint density at radius 2 is 1.60 bits per heavy atom. The Bertz CT molecular complexity index is 1420. The number of amides is 2. The lowest BCUT2D eigenvalue weighted by molar-refractivity contribution is -0.139. The normalized spacial score (nSPS) is 11.9. The monoisotopic (exact) mass is 625 g/mol. The maximum absolute atomic E-state index is 14.2. The molecular formula is C33H43N3O5S2. The molecule has 1 N–H and O–H groups in total. The molecule has 2 amide bonds. The van der Waals surface area contributed by atoms with Crippen molar-refractivity contribution in [3.05, 3.63) is 84.4 Å². The van der Waals surface area contributed by atoms with Gasteiger partial charge in [0.15, 0.2) is 0 Å². The first-order valence-corrected chi connectivity index (χ1v) is 17.4. The average Bonchev–Trinajstić information content (AvgIpc) is 3.02. The molecule has 0 fully saturated rings. The summed E-state index contributed by atoms with van der Waals surface area (Å²) in [6.45, 7) is 6.31. The number of ether oxygens (including phenoxy) is 1. The number of carbonyl (C=O) groups is 2. The van der Waals surface area contributed by atoms with Crippen LogP contribution in [0, 0.1) is 0 Å². The van der Waals surface area contributed by atoms with Crippen LogP contribution in [0.1, 0.15) is 45.6 Å². The second-order valence-corrected chi connectivity index (χ2v) is 12.7. The molecule has 0 unspecified atom stereocenters. The van der Waals surface area contributed by atoms with Crippen LogP contribution in [0.25, 0.3) is 0 Å². The lowest BCUT2D eigenvalue weighted by Gasteiger charge is -2.33. The van der Waals surface area contributed by atoms with E-state index >= 15 is 0 Å². The van der Waals surface area contributed by atoms with Crippen LogP contribution in [0.2, 0.25) is 0 Å². The highest BCUT2D eigenvalue weighted by atomic mass is 32.2. The molecule has 3 aromatic carbocycles. The first kappa shape index (κ1) is 34.0. The van der Waals surface area contributed by atoms with Gasteiger partial charge in [-0.05, 0) is 74.4 Å². The fourth-order valence-electron chi connectivity index (χ4n) is 4.73. The van der Waals surface area contributed by atoms with E-state index in [1.807, 2.05) is 57.4 Å². The van der Waals surface area contributed by atoms with Crippen molar-refractivity contribution >= 4 is 39.3 Å². The topological polar surface area (TPSA) is 96.0 Å². The Balaban J connectivity index is 2.04. The van der Waals surface area contributed by atoms with Crippen LogP contribution in [0.15, 0.2) is 88.7 Å². The van der Waals surface area contributed by atoms with Crippen molar-refractivity contribution in [2.24, 2.45) is 0 Å². The van der Waals surface area contributed by atoms with Crippen LogP contribution in [0.4, 0.5) is 5.69 Å². The molecule has 0 saturated heterocycles. The van der Waals surface area contributed by atoms with E-state index < -0.39 is 28.5 Å². The van der Waals surface area contributed by atoms with Crippen molar-refractivity contribution in [1.29, 1.82) is 0 Å². The van der Waals surface area contributed by atoms with Gasteiger partial charge in [0.05, 0.1) is 17.2 Å². The van der Waals surface area contributed by atoms with Crippen molar-refractivity contribution in [1.82, 2.24) is 10.2 Å². The molecule has 0 aliphatic rings. The molecule has 0 saturated carbocycles. The summed E-state index contributed by atoms with van der Waals surface area (Å²) < 4.78 is 35.3. The maximum atomic E-state index is 14.2. The summed E-state index contributed by atoms with van der Waals surface area (Å²) in [6, 6.07) is 22.3. The minimum absolute atomic E-state index is 0.0598. The van der Waals surface area contributed by atoms with E-state index in [4.69, 9.17) is 4.74 Å². The van der Waals surface area contributed by atoms with E-state index in [0.717, 1.165) is 27.6 Å². The highest BCUT2D eigenvalue weighted by molar-refractivity contribution is 7.98. The van der Waals surface area contributed by atoms with E-state index in [2.05, 4.69) is 5.32 Å². The SMILES string of the molecule is CCCCNC(=O)[C@@H](CC)N(CCc1ccccc1)C(=O)CN(c1ccccc1OCC)S(=O)(=O)c1ccc(SC)cc1. The molecule has 0 bridgehead atoms. The highest BCUT2D eigenvalue weighted by Crippen LogP contribution is 2.33. The first-order valence-electron chi connectivity index (χ1n) is 14.8. The first-order chi connectivity index (χ1) is 20.8. The summed E-state index contributed by atoms with van der Waals surface area (Å²) in [5.41, 5.74) is 1.27. The van der Waals surface area contributed by atoms with Gasteiger partial charge in [0.25, 0.3) is 10.0 Å². The van der Waals surface area contributed by atoms with Crippen LogP contribution >= 0.6 is 11.8 Å². The Hall–Kier alpha value is -3.50. The van der Waals surface area contributed by atoms with E-state index in [1.165, 1.54) is 16.7 Å². The summed E-state index contributed by atoms with van der Waals surface area (Å²) in [5.74, 6) is -0.361. The van der Waals surface area contributed by atoms with Crippen molar-refractivity contribution in [3.8, 4) is 5.75 Å². The molecule has 0 aromatic heterocycles. The molecule has 0 heterocycles. The summed E-state index contributed by atoms with van der Waals surface area (Å²) in [4.78, 5) is 30.1. The van der Waals surface area contributed by atoms with Crippen LogP contribution < -0.4 is 14.4 Å². The minimum Gasteiger partial charge on any atom is -0.492 e. The second-order valence-electron chi connectivity index (χ2n) is 9.98. The zero-order valence-electron chi connectivity index (χ0n) is 25.5. The van der Waals surface area contributed by atoms with Crippen LogP contribution in [-0.4, -0.2) is 63.7 Å². The molecule has 0 radical (unpaired) electrons. The molecular weight excluding hydrogens is 583 g/mol. The van der Waals surface area contributed by atoms with Crippen LogP contribution in [0.5, 0.6) is 5.75 Å². The van der Waals surface area contributed by atoms with E-state index in [9.17, 15) is 18.0 Å². The van der Waals surface area contributed by atoms with Gasteiger partial charge in [0, 0.05) is 18.0 Å². The van der Waals surface area contributed by atoms with Gasteiger partial charge in [-0.2, -0.15) is 0 Å². The van der Waals surface area contributed by atoms with Crippen molar-refractivity contribution in [2.75, 3.05) is 36.8 Å². The number of hydrogen-bond acceptors (Lipinski definition) is 6. The lowest BCUT2D eigenvalue weighted by Crippen LogP contribution is -2.53. The molecule has 1 atom stereocenters. The molecule has 0 aliphatic carbocycles. The number of benzene rings is 3. The highest BCUT2D eigenvalue weighted by Gasteiger charge is 2.34. The zero-order chi connectivity index (χ0) is 31.2. The lowest BCUT2D eigenvalue weighted by atomic mass is 10.1. The smallest absolute Gasteiger partial charge is 0.264 e. The number of thioether (sulfide) groups is 1. The fraction of sp³-hybridized carbons (Fsp3) is 0.394. The second kappa shape index (κ2) is 17.0. The third-order valence-corrected chi connectivity index (χ3v) is 9.58. The largest absolute Gasteiger partial charge is 0.492 e. The van der Waals surface area contributed by atoms with Gasteiger partial charge in [-0.25, -0.2) is 8.42 Å². The average molecular weight is 626 g/mol. The number of carbonyl (C=O) groups excluding carboxylic acids is 2. The van der Waals surface area contributed by atoms with Crippen LogP contribution in [-0.2, 0) is 26.0 Å². The zero-order valence-corrected chi connectivity index (χ0v) is 27.1. The predicted octanol–water partition coefficient (Wildman–Crippen LogP) is 5.77. The van der Waals surface area contributed by atoms with E-state index in [-0.39, 0.29) is 23.0 Å². The molecule has 43 heavy (non-hydrogen) atoms. The van der Waals surface area contributed by atoms with Gasteiger partial charge < -0.3 is 15.0 Å². The number of para-hydroxylation sites is 2.